The van der Waals surface area contributed by atoms with E-state index in [9.17, 15) is 19.8 Å². The highest BCUT2D eigenvalue weighted by atomic mass is 35.5. The van der Waals surface area contributed by atoms with Crippen molar-refractivity contribution < 1.29 is 24.5 Å². The third-order valence-electron chi connectivity index (χ3n) is 8.84. The predicted molar refractivity (Wildman–Crippen MR) is 334 cm³/mol. The molecule has 2 aliphatic heterocycles. The summed E-state index contributed by atoms with van der Waals surface area (Å²) in [4.78, 5) is 41.1. The highest BCUT2D eigenvalue weighted by molar-refractivity contribution is 6.37. The Morgan fingerprint density at radius 2 is 1.10 bits per heavy atom. The quantitative estimate of drug-likeness (QED) is 0.0540. The summed E-state index contributed by atoms with van der Waals surface area (Å²) in [6.07, 6.45) is 1.75. The third kappa shape index (κ3) is 29.5. The first-order valence-corrected chi connectivity index (χ1v) is 24.5. The van der Waals surface area contributed by atoms with Crippen molar-refractivity contribution in [3.63, 3.8) is 0 Å². The number of phenolic OH excluding ortho intramolecular Hbond substituents is 2. The average Bonchev–Trinajstić information content (AvgIpc) is 3.98. The van der Waals surface area contributed by atoms with Crippen LogP contribution in [0, 0.1) is 18.3 Å². The topological polar surface area (TPSA) is 169 Å². The minimum Gasteiger partial charge on any atom is -0.507 e. The van der Waals surface area contributed by atoms with Gasteiger partial charge < -0.3 is 19.9 Å². The number of benzene rings is 5. The number of allylic oxidation sites excluding steroid dienone is 7. The fourth-order valence-electron chi connectivity index (χ4n) is 5.05. The maximum atomic E-state index is 10.2. The van der Waals surface area contributed by atoms with E-state index in [1.807, 2.05) is 106 Å². The molecule has 2 heterocycles. The first kappa shape index (κ1) is 71.5. The van der Waals surface area contributed by atoms with Crippen LogP contribution in [-0.2, 0) is 14.3 Å². The number of amidine groups is 2. The largest absolute Gasteiger partial charge is 0.507 e. The molecular formula is C64H71Cl3N6O5. The maximum Gasteiger partial charge on any atom is 0.332 e. The number of nitriles is 1. The molecule has 14 heteroatoms. The minimum atomic E-state index is -0.347. The van der Waals surface area contributed by atoms with Gasteiger partial charge in [0.05, 0.1) is 40.9 Å². The van der Waals surface area contributed by atoms with Crippen LogP contribution in [0.4, 0.5) is 0 Å². The molecule has 408 valence electrons. The number of rotatable bonds is 7. The molecular weight excluding hydrogens is 1040 g/mol. The van der Waals surface area contributed by atoms with Crippen LogP contribution in [0.1, 0.15) is 81.8 Å². The van der Waals surface area contributed by atoms with E-state index in [-0.39, 0.29) is 28.3 Å². The summed E-state index contributed by atoms with van der Waals surface area (Å²) >= 11 is 17.0. The number of hydrogen-bond acceptors (Lipinski definition) is 11. The Morgan fingerprint density at radius 1 is 0.679 bits per heavy atom. The van der Waals surface area contributed by atoms with Gasteiger partial charge in [-0.05, 0) is 97.5 Å². The van der Waals surface area contributed by atoms with Gasteiger partial charge in [-0.15, -0.1) is 6.58 Å². The van der Waals surface area contributed by atoms with Crippen LogP contribution >= 0.6 is 34.8 Å². The molecule has 0 aromatic heterocycles. The van der Waals surface area contributed by atoms with Crippen molar-refractivity contribution in [3.05, 3.63) is 257 Å². The second kappa shape index (κ2) is 39.8. The van der Waals surface area contributed by atoms with Crippen LogP contribution < -0.4 is 0 Å². The van der Waals surface area contributed by atoms with E-state index >= 15 is 0 Å². The van der Waals surface area contributed by atoms with Crippen LogP contribution in [0.15, 0.2) is 238 Å². The molecule has 0 amide bonds. The number of halogens is 3. The molecule has 0 saturated heterocycles. The van der Waals surface area contributed by atoms with Gasteiger partial charge in [0.2, 0.25) is 0 Å². The molecule has 78 heavy (non-hydrogen) atoms. The number of ether oxygens (including phenoxy) is 1. The maximum absolute atomic E-state index is 10.2. The van der Waals surface area contributed by atoms with Crippen LogP contribution in [0.3, 0.4) is 0 Å². The lowest BCUT2D eigenvalue weighted by Crippen LogP contribution is -2.01. The molecule has 2 N–H and O–H groups in total. The monoisotopic (exact) mass is 1110 g/mol. The minimum absolute atomic E-state index is 0.0648. The van der Waals surface area contributed by atoms with Crippen molar-refractivity contribution in [2.75, 3.05) is 14.2 Å². The van der Waals surface area contributed by atoms with Crippen molar-refractivity contribution in [1.82, 2.24) is 0 Å². The number of aryl methyl sites for hydroxylation is 1. The number of esters is 1. The number of ketones is 1. The second-order valence-corrected chi connectivity index (χ2v) is 17.8. The molecule has 0 unspecified atom stereocenters. The third-order valence-corrected chi connectivity index (χ3v) is 9.35. The number of Topliss-reactive ketones (excluding diaryl/α,β-unsaturated/α-hetero) is 1. The zero-order valence-electron chi connectivity index (χ0n) is 46.4. The van der Waals surface area contributed by atoms with Gasteiger partial charge in [0.1, 0.15) is 17.2 Å². The van der Waals surface area contributed by atoms with E-state index in [0.29, 0.717) is 66.7 Å². The number of aromatic hydroxyl groups is 2. The lowest BCUT2D eigenvalue weighted by atomic mass is 10.1. The van der Waals surface area contributed by atoms with Gasteiger partial charge >= 0.3 is 5.97 Å². The lowest BCUT2D eigenvalue weighted by Gasteiger charge is -2.06. The molecule has 0 radical (unpaired) electrons. The van der Waals surface area contributed by atoms with E-state index in [0.717, 1.165) is 22.4 Å². The van der Waals surface area contributed by atoms with E-state index in [4.69, 9.17) is 40.1 Å². The molecule has 0 fully saturated rings. The van der Waals surface area contributed by atoms with E-state index < -0.39 is 0 Å². The molecule has 0 aliphatic carbocycles. The van der Waals surface area contributed by atoms with E-state index in [1.165, 1.54) is 31.2 Å². The number of methoxy groups -OCH3 is 1. The van der Waals surface area contributed by atoms with Gasteiger partial charge in [-0.3, -0.25) is 4.79 Å². The number of para-hydroxylation sites is 1. The van der Waals surface area contributed by atoms with E-state index in [1.54, 1.807) is 65.1 Å². The van der Waals surface area contributed by atoms with Crippen molar-refractivity contribution >= 4 is 81.9 Å². The zero-order valence-corrected chi connectivity index (χ0v) is 48.7. The molecule has 0 atom stereocenters. The van der Waals surface area contributed by atoms with Gasteiger partial charge in [0.15, 0.2) is 17.5 Å². The smallest absolute Gasteiger partial charge is 0.332 e. The second-order valence-electron chi connectivity index (χ2n) is 16.3. The molecule has 0 bridgehead atoms. The number of hydrogen-bond donors (Lipinski definition) is 2. The number of aliphatic imine (C=N–C) groups is 5. The standard InChI is InChI=1S/C17H14N2O.C16H10Cl2N2O.C9H10.C5H8O2.C5H8O.C4H5N.C3H5Cl.C3H6.C2H5N/c1-11-7-9-13(10-8-11)16-12(2)18-17(19-16)14-5-3-4-6-15(14)20;1-9-14(12-7-11(17)8-13(18)15(12)21)20-16(19-9)10-5-3-2-4-6-10;1-8(2)9-6-4-3-5-7-9;1-4(2)5(6)7-3;1-4(2)5(3)6;1-4(2)3-5;1-3(2)4;2*1-3-2/h3-10,20H,2H2,1H3;2-8,21H,1H2;3-7H,1H2,2H3;1H2,2-3H3;1H2,2-3H3;1H2,2H3;1H2,2H3;3H,1H2,2H3;1H2,2H3. The van der Waals surface area contributed by atoms with Gasteiger partial charge in [-0.2, -0.15) is 5.26 Å². The Kier molecular flexibility index (Phi) is 36.5. The predicted octanol–water partition coefficient (Wildman–Crippen LogP) is 16.9. The number of carbonyl (C=O) groups is 2. The lowest BCUT2D eigenvalue weighted by molar-refractivity contribution is -0.136. The van der Waals surface area contributed by atoms with Crippen LogP contribution in [0.5, 0.6) is 11.5 Å². The van der Waals surface area contributed by atoms with Crippen molar-refractivity contribution in [1.29, 1.82) is 5.26 Å². The molecule has 5 aromatic carbocycles. The van der Waals surface area contributed by atoms with Gasteiger partial charge in [-0.25, -0.2) is 24.8 Å². The fraction of sp³-hybridized carbons (Fsp3) is 0.156. The first-order valence-electron chi connectivity index (χ1n) is 23.4. The van der Waals surface area contributed by atoms with Gasteiger partial charge in [0.25, 0.3) is 0 Å². The first-order chi connectivity index (χ1) is 36.7. The molecule has 11 nitrogen and oxygen atoms in total. The summed E-state index contributed by atoms with van der Waals surface area (Å²) in [7, 11) is 2.97. The average molecular weight is 1110 g/mol. The van der Waals surface area contributed by atoms with Crippen molar-refractivity contribution in [2.24, 2.45) is 25.0 Å². The highest BCUT2D eigenvalue weighted by Gasteiger charge is 2.22. The summed E-state index contributed by atoms with van der Waals surface area (Å²) < 4.78 is 4.27. The SMILES string of the molecule is C=C(C)C#N.C=C(C)C(=O)OC.C=C(C)C(C)=O.C=C(C)Cl.C=C(C)c1ccccc1.C=C1N=C(c2ccccc2)N=C1c1cc(Cl)cc(Cl)c1O.C=C1N=C(c2ccccc2O)N=C1c1ccc(C)cc1.C=CC.C=NC. The normalized spacial score (nSPS) is 10.8. The number of phenols is 2. The zero-order chi connectivity index (χ0) is 60.1. The summed E-state index contributed by atoms with van der Waals surface area (Å²) in [6.45, 7) is 45.6. The Bertz CT molecular complexity index is 3050. The van der Waals surface area contributed by atoms with Crippen molar-refractivity contribution in [3.8, 4) is 17.6 Å². The summed E-state index contributed by atoms with van der Waals surface area (Å²) in [5, 5.41) is 29.0. The Balaban J connectivity index is 0. The molecule has 5 aromatic rings. The van der Waals surface area contributed by atoms with Crippen LogP contribution in [-0.4, -0.2) is 65.9 Å². The van der Waals surface area contributed by atoms with Gasteiger partial charge in [-0.1, -0.05) is 195 Å². The summed E-state index contributed by atoms with van der Waals surface area (Å²) in [6, 6.07) is 39.7. The Hall–Kier alpha value is -8.53. The number of carbonyl (C=O) groups excluding carboxylic acids is 2. The highest BCUT2D eigenvalue weighted by Crippen LogP contribution is 2.34. The van der Waals surface area contributed by atoms with Crippen LogP contribution in [0.25, 0.3) is 5.57 Å². The van der Waals surface area contributed by atoms with Crippen LogP contribution in [0.2, 0.25) is 10.0 Å². The molecule has 2 aliphatic rings. The number of nitrogens with zero attached hydrogens (tertiary/aromatic N) is 6. The molecule has 7 rings (SSSR count). The fourth-order valence-corrected chi connectivity index (χ4v) is 5.55. The van der Waals surface area contributed by atoms with Crippen molar-refractivity contribution in [2.45, 2.75) is 55.4 Å². The molecule has 0 saturated carbocycles. The Morgan fingerprint density at radius 3 is 1.50 bits per heavy atom. The summed E-state index contributed by atoms with van der Waals surface area (Å²) in [5.74, 6) is 0.864. The summed E-state index contributed by atoms with van der Waals surface area (Å²) in [5.41, 5.74) is 10.3. The van der Waals surface area contributed by atoms with Gasteiger partial charge in [0, 0.05) is 44.9 Å². The Labute approximate surface area is 477 Å². The van der Waals surface area contributed by atoms with E-state index in [2.05, 4.69) is 101 Å². The molecule has 0 spiro atoms.